The van der Waals surface area contributed by atoms with Gasteiger partial charge in [-0.3, -0.25) is 0 Å². The molecule has 1 aliphatic rings. The van der Waals surface area contributed by atoms with Crippen LogP contribution in [0.4, 0.5) is 8.78 Å². The first kappa shape index (κ1) is 34.5. The Labute approximate surface area is 256 Å². The Kier molecular flexibility index (Phi) is 14.1. The second kappa shape index (κ2) is 17.9. The average molecular weight is 615 g/mol. The molecule has 3 rings (SSSR count). The van der Waals surface area contributed by atoms with Gasteiger partial charge in [0.05, 0.1) is 24.4 Å². The lowest BCUT2D eigenvalue weighted by atomic mass is 9.77. The monoisotopic (exact) mass is 614 g/mol. The standard InChI is InChI=1S/C34H40F2O8/c1-23(21-37)33(39)43-16-14-41-30-18-29(19-31(20-30)42-15-17-44-34(40)24(2)22-38)28-12-10-27(11-13-28)26-8-6-25(7-9-26)4-3-5-32(35)36/h5,10-13,18-20,25-26,37-38H,1-4,6-9,14-17,21-22H2. The van der Waals surface area contributed by atoms with Gasteiger partial charge in [-0.1, -0.05) is 37.4 Å². The van der Waals surface area contributed by atoms with E-state index in [0.717, 1.165) is 49.3 Å². The second-order valence-corrected chi connectivity index (χ2v) is 10.6. The van der Waals surface area contributed by atoms with Crippen LogP contribution in [0.5, 0.6) is 11.5 Å². The molecule has 2 N–H and O–H groups in total. The highest BCUT2D eigenvalue weighted by Gasteiger charge is 2.22. The van der Waals surface area contributed by atoms with E-state index in [1.165, 1.54) is 5.56 Å². The van der Waals surface area contributed by atoms with Gasteiger partial charge in [-0.15, -0.1) is 0 Å². The number of rotatable bonds is 17. The summed E-state index contributed by atoms with van der Waals surface area (Å²) in [6.07, 6.45) is 4.74. The third-order valence-electron chi connectivity index (χ3n) is 7.45. The molecule has 10 heteroatoms. The highest BCUT2D eigenvalue weighted by molar-refractivity contribution is 5.88. The zero-order valence-corrected chi connectivity index (χ0v) is 24.8. The van der Waals surface area contributed by atoms with Crippen LogP contribution in [0.3, 0.4) is 0 Å². The summed E-state index contributed by atoms with van der Waals surface area (Å²) in [5.41, 5.74) is 2.88. The van der Waals surface area contributed by atoms with Crippen LogP contribution in [0.15, 0.2) is 78.9 Å². The lowest BCUT2D eigenvalue weighted by molar-refractivity contribution is -0.141. The van der Waals surface area contributed by atoms with Crippen LogP contribution in [-0.4, -0.2) is 61.8 Å². The Morgan fingerprint density at radius 3 is 1.77 bits per heavy atom. The summed E-state index contributed by atoms with van der Waals surface area (Å²) in [6.45, 7) is 5.87. The lowest BCUT2D eigenvalue weighted by Crippen LogP contribution is -2.15. The number of ether oxygens (including phenoxy) is 4. The quantitative estimate of drug-likeness (QED) is 0.124. The molecule has 0 amide bonds. The van der Waals surface area contributed by atoms with E-state index in [0.29, 0.717) is 29.8 Å². The molecule has 0 radical (unpaired) electrons. The van der Waals surface area contributed by atoms with Crippen molar-refractivity contribution >= 4 is 11.9 Å². The molecule has 238 valence electrons. The van der Waals surface area contributed by atoms with Gasteiger partial charge >= 0.3 is 11.9 Å². The van der Waals surface area contributed by atoms with Gasteiger partial charge in [0.25, 0.3) is 6.08 Å². The van der Waals surface area contributed by atoms with Gasteiger partial charge in [-0.05, 0) is 85.3 Å². The van der Waals surface area contributed by atoms with Crippen molar-refractivity contribution in [2.75, 3.05) is 39.6 Å². The second-order valence-electron chi connectivity index (χ2n) is 10.6. The fourth-order valence-corrected chi connectivity index (χ4v) is 4.99. The number of hydrogen-bond donors (Lipinski definition) is 2. The molecule has 0 saturated heterocycles. The van der Waals surface area contributed by atoms with Crippen molar-refractivity contribution < 1.29 is 47.5 Å². The summed E-state index contributed by atoms with van der Waals surface area (Å²) < 4.78 is 46.4. The van der Waals surface area contributed by atoms with Crippen molar-refractivity contribution in [2.45, 2.75) is 44.4 Å². The normalized spacial score (nSPS) is 16.0. The first-order chi connectivity index (χ1) is 21.2. The maximum Gasteiger partial charge on any atom is 0.335 e. The molecule has 1 aliphatic carbocycles. The lowest BCUT2D eigenvalue weighted by Gasteiger charge is -2.28. The molecule has 0 unspecified atom stereocenters. The molecule has 1 fully saturated rings. The van der Waals surface area contributed by atoms with Crippen LogP contribution in [0, 0.1) is 5.92 Å². The van der Waals surface area contributed by atoms with Crippen molar-refractivity contribution in [3.05, 3.63) is 84.5 Å². The topological polar surface area (TPSA) is 112 Å². The number of carbonyl (C=O) groups excluding carboxylic acids is 2. The minimum absolute atomic E-state index is 0.0504. The smallest absolute Gasteiger partial charge is 0.335 e. The minimum Gasteiger partial charge on any atom is -0.490 e. The highest BCUT2D eigenvalue weighted by Crippen LogP contribution is 2.38. The molecule has 8 nitrogen and oxygen atoms in total. The van der Waals surface area contributed by atoms with Crippen molar-refractivity contribution in [1.82, 2.24) is 0 Å². The molecular formula is C34H40F2O8. The van der Waals surface area contributed by atoms with Crippen LogP contribution < -0.4 is 9.47 Å². The van der Waals surface area contributed by atoms with E-state index in [1.807, 2.05) is 24.3 Å². The van der Waals surface area contributed by atoms with E-state index in [-0.39, 0.29) is 37.6 Å². The molecule has 0 bridgehead atoms. The van der Waals surface area contributed by atoms with Gasteiger partial charge in [-0.2, -0.15) is 8.78 Å². The summed E-state index contributed by atoms with van der Waals surface area (Å²) in [4.78, 5) is 23.4. The maximum atomic E-state index is 12.3. The van der Waals surface area contributed by atoms with E-state index < -0.39 is 31.2 Å². The van der Waals surface area contributed by atoms with E-state index in [1.54, 1.807) is 6.07 Å². The third kappa shape index (κ3) is 11.2. The summed E-state index contributed by atoms with van der Waals surface area (Å²) in [6, 6.07) is 13.6. The summed E-state index contributed by atoms with van der Waals surface area (Å²) in [5.74, 6) is 0.429. The largest absolute Gasteiger partial charge is 0.490 e. The van der Waals surface area contributed by atoms with Crippen LogP contribution in [0.1, 0.15) is 50.0 Å². The van der Waals surface area contributed by atoms with E-state index in [4.69, 9.17) is 29.2 Å². The summed E-state index contributed by atoms with van der Waals surface area (Å²) >= 11 is 0. The van der Waals surface area contributed by atoms with Crippen LogP contribution >= 0.6 is 0 Å². The predicted octanol–water partition coefficient (Wildman–Crippen LogP) is 6.13. The van der Waals surface area contributed by atoms with Crippen molar-refractivity contribution in [3.8, 4) is 22.6 Å². The van der Waals surface area contributed by atoms with E-state index in [2.05, 4.69) is 25.3 Å². The third-order valence-corrected chi connectivity index (χ3v) is 7.45. The summed E-state index contributed by atoms with van der Waals surface area (Å²) in [5, 5.41) is 18.0. The maximum absolute atomic E-state index is 12.3. The molecular weight excluding hydrogens is 574 g/mol. The number of carbonyl (C=O) groups is 2. The zero-order valence-electron chi connectivity index (χ0n) is 24.8. The molecule has 0 aromatic heterocycles. The Morgan fingerprint density at radius 2 is 1.30 bits per heavy atom. The first-order valence-electron chi connectivity index (χ1n) is 14.6. The molecule has 0 aliphatic heterocycles. The van der Waals surface area contributed by atoms with Gasteiger partial charge in [0.15, 0.2) is 0 Å². The molecule has 0 atom stereocenters. The number of aliphatic hydroxyl groups excluding tert-OH is 2. The van der Waals surface area contributed by atoms with Gasteiger partial charge < -0.3 is 29.2 Å². The molecule has 2 aromatic carbocycles. The van der Waals surface area contributed by atoms with Crippen molar-refractivity contribution in [3.63, 3.8) is 0 Å². The van der Waals surface area contributed by atoms with Gasteiger partial charge in [0.2, 0.25) is 0 Å². The molecule has 0 spiro atoms. The molecule has 2 aromatic rings. The number of aliphatic hydroxyl groups is 2. The van der Waals surface area contributed by atoms with Crippen molar-refractivity contribution in [2.24, 2.45) is 5.92 Å². The first-order valence-corrected chi connectivity index (χ1v) is 14.6. The fraction of sp³-hybridized carbons (Fsp3) is 0.412. The zero-order chi connectivity index (χ0) is 31.9. The SMILES string of the molecule is C=C(CO)C(=O)OCCOc1cc(OCCOC(=O)C(=C)CO)cc(-c2ccc(C3CCC(CCC=C(F)F)CC3)cc2)c1. The fourth-order valence-electron chi connectivity index (χ4n) is 4.99. The molecule has 1 saturated carbocycles. The Morgan fingerprint density at radius 1 is 0.773 bits per heavy atom. The minimum atomic E-state index is -1.60. The van der Waals surface area contributed by atoms with Gasteiger partial charge in [0, 0.05) is 6.07 Å². The summed E-state index contributed by atoms with van der Waals surface area (Å²) in [7, 11) is 0. The van der Waals surface area contributed by atoms with E-state index in [9.17, 15) is 18.4 Å². The predicted molar refractivity (Wildman–Crippen MR) is 161 cm³/mol. The van der Waals surface area contributed by atoms with Crippen LogP contribution in [0.25, 0.3) is 11.1 Å². The van der Waals surface area contributed by atoms with Crippen LogP contribution in [-0.2, 0) is 19.1 Å². The molecule has 44 heavy (non-hydrogen) atoms. The number of esters is 2. The van der Waals surface area contributed by atoms with Gasteiger partial charge in [-0.25, -0.2) is 9.59 Å². The Balaban J connectivity index is 1.65. The highest BCUT2D eigenvalue weighted by atomic mass is 19.3. The number of benzene rings is 2. The van der Waals surface area contributed by atoms with Crippen molar-refractivity contribution in [1.29, 1.82) is 0 Å². The number of allylic oxidation sites excluding steroid dienone is 1. The van der Waals surface area contributed by atoms with E-state index >= 15 is 0 Å². The Hall–Kier alpha value is -4.02. The molecule has 0 heterocycles. The number of hydrogen-bond acceptors (Lipinski definition) is 8. The number of halogens is 2. The van der Waals surface area contributed by atoms with Crippen LogP contribution in [0.2, 0.25) is 0 Å². The Bertz CT molecular complexity index is 1240. The van der Waals surface area contributed by atoms with Gasteiger partial charge in [0.1, 0.15) is 37.9 Å². The average Bonchev–Trinajstić information content (AvgIpc) is 3.04.